The summed E-state index contributed by atoms with van der Waals surface area (Å²) in [7, 11) is 0. The number of fused-ring (bicyclic) bond motifs is 13. The highest BCUT2D eigenvalue weighted by Crippen LogP contribution is 2.48. The average molecular weight is 659 g/mol. The fraction of sp³-hybridized carbons (Fsp3) is 0. The second-order valence-corrected chi connectivity index (χ2v) is 14.1. The van der Waals surface area contributed by atoms with Gasteiger partial charge in [-0.05, 0) is 86.9 Å². The molecular formula is C50H30N2. The maximum absolute atomic E-state index is 2.52. The summed E-state index contributed by atoms with van der Waals surface area (Å²) < 4.78 is 4.96. The second-order valence-electron chi connectivity index (χ2n) is 14.1. The van der Waals surface area contributed by atoms with Gasteiger partial charge in [-0.1, -0.05) is 133 Å². The highest BCUT2D eigenvalue weighted by Gasteiger charge is 2.25. The van der Waals surface area contributed by atoms with Crippen molar-refractivity contribution in [2.75, 3.05) is 0 Å². The summed E-state index contributed by atoms with van der Waals surface area (Å²) in [6, 6.07) is 67.4. The predicted octanol–water partition coefficient (Wildman–Crippen LogP) is 13.5. The fourth-order valence-electron chi connectivity index (χ4n) is 9.11. The highest BCUT2D eigenvalue weighted by molar-refractivity contribution is 6.18. The van der Waals surface area contributed by atoms with Gasteiger partial charge >= 0.3 is 0 Å². The Morgan fingerprint density at radius 1 is 0.269 bits per heavy atom. The lowest BCUT2D eigenvalue weighted by molar-refractivity contribution is 1.19. The fourth-order valence-corrected chi connectivity index (χ4v) is 9.11. The van der Waals surface area contributed by atoms with Crippen molar-refractivity contribution in [1.82, 2.24) is 9.13 Å². The molecule has 0 radical (unpaired) electrons. The van der Waals surface area contributed by atoms with Crippen LogP contribution in [0.5, 0.6) is 0 Å². The minimum Gasteiger partial charge on any atom is -0.309 e. The molecule has 2 aromatic heterocycles. The van der Waals surface area contributed by atoms with Gasteiger partial charge in [0.15, 0.2) is 0 Å². The van der Waals surface area contributed by atoms with Crippen molar-refractivity contribution in [3.05, 3.63) is 182 Å². The Bertz CT molecular complexity index is 3290. The Morgan fingerprint density at radius 2 is 0.808 bits per heavy atom. The molecule has 52 heavy (non-hydrogen) atoms. The Hall–Kier alpha value is -6.90. The third kappa shape index (κ3) is 3.73. The van der Waals surface area contributed by atoms with Crippen LogP contribution in [0.2, 0.25) is 0 Å². The van der Waals surface area contributed by atoms with Gasteiger partial charge in [0.05, 0.1) is 33.4 Å². The minimum absolute atomic E-state index is 1.21. The zero-order valence-electron chi connectivity index (χ0n) is 28.2. The SMILES string of the molecule is c1ccc2c(c1)-c1cc3ccccc3cc1-n1c3ccc(-c4ccc5c(c4)c4ccccc4n5-c4cccc5ccccc45)cc3c3cccc-2c31. The van der Waals surface area contributed by atoms with Gasteiger partial charge in [0.2, 0.25) is 0 Å². The monoisotopic (exact) mass is 658 g/mol. The standard InChI is InChI=1S/C50H30N2/c1-2-13-33-30-49-42(27-32(33)12-1)38-17-6-5-16-37(38)40-19-10-20-41-44-29-35(24-26-48(44)52(49)50(40)41)34-23-25-47-43(28-34)39-18-7-8-21-46(39)51(47)45-22-9-14-31-11-3-4-15-36(31)45/h1-30H. The molecule has 11 aromatic rings. The van der Waals surface area contributed by atoms with E-state index in [1.165, 1.54) is 110 Å². The van der Waals surface area contributed by atoms with Gasteiger partial charge in [-0.3, -0.25) is 0 Å². The lowest BCUT2D eigenvalue weighted by atomic mass is 9.92. The molecule has 0 bridgehead atoms. The van der Waals surface area contributed by atoms with Gasteiger partial charge in [0.1, 0.15) is 0 Å². The largest absolute Gasteiger partial charge is 0.309 e. The zero-order valence-corrected chi connectivity index (χ0v) is 28.2. The van der Waals surface area contributed by atoms with Gasteiger partial charge in [-0.25, -0.2) is 0 Å². The van der Waals surface area contributed by atoms with E-state index in [4.69, 9.17) is 0 Å². The van der Waals surface area contributed by atoms with E-state index < -0.39 is 0 Å². The van der Waals surface area contributed by atoms with Crippen LogP contribution in [0.1, 0.15) is 0 Å². The summed E-state index contributed by atoms with van der Waals surface area (Å²) in [5.41, 5.74) is 14.9. The number of nitrogens with zero attached hydrogens (tertiary/aromatic N) is 2. The molecule has 0 amide bonds. The van der Waals surface area contributed by atoms with Crippen molar-refractivity contribution in [2.45, 2.75) is 0 Å². The van der Waals surface area contributed by atoms with E-state index in [-0.39, 0.29) is 0 Å². The number of rotatable bonds is 2. The van der Waals surface area contributed by atoms with Crippen molar-refractivity contribution >= 4 is 65.2 Å². The molecule has 9 aromatic carbocycles. The van der Waals surface area contributed by atoms with Gasteiger partial charge in [-0.15, -0.1) is 0 Å². The first-order valence-corrected chi connectivity index (χ1v) is 18.0. The van der Waals surface area contributed by atoms with Crippen LogP contribution >= 0.6 is 0 Å². The van der Waals surface area contributed by atoms with Crippen LogP contribution in [-0.4, -0.2) is 9.13 Å². The first-order chi connectivity index (χ1) is 25.8. The van der Waals surface area contributed by atoms with Crippen molar-refractivity contribution in [3.8, 4) is 44.8 Å². The molecule has 240 valence electrons. The van der Waals surface area contributed by atoms with E-state index in [9.17, 15) is 0 Å². The van der Waals surface area contributed by atoms with Crippen LogP contribution in [0.15, 0.2) is 182 Å². The van der Waals surface area contributed by atoms with Crippen molar-refractivity contribution < 1.29 is 0 Å². The van der Waals surface area contributed by atoms with E-state index >= 15 is 0 Å². The lowest BCUT2D eigenvalue weighted by Crippen LogP contribution is -1.96. The van der Waals surface area contributed by atoms with E-state index in [0.717, 1.165) is 0 Å². The van der Waals surface area contributed by atoms with Crippen LogP contribution in [-0.2, 0) is 0 Å². The average Bonchev–Trinajstić information content (AvgIpc) is 3.68. The highest BCUT2D eigenvalue weighted by atomic mass is 15.0. The van der Waals surface area contributed by atoms with Crippen LogP contribution < -0.4 is 0 Å². The van der Waals surface area contributed by atoms with Crippen molar-refractivity contribution in [3.63, 3.8) is 0 Å². The minimum atomic E-state index is 1.21. The van der Waals surface area contributed by atoms with Gasteiger partial charge in [0, 0.05) is 38.1 Å². The zero-order chi connectivity index (χ0) is 33.9. The topological polar surface area (TPSA) is 9.86 Å². The molecule has 0 spiro atoms. The molecule has 0 aliphatic carbocycles. The normalized spacial score (nSPS) is 12.2. The smallest absolute Gasteiger partial charge is 0.0619 e. The molecule has 1 aliphatic heterocycles. The van der Waals surface area contributed by atoms with E-state index in [1.807, 2.05) is 0 Å². The maximum atomic E-state index is 2.52. The Labute approximate surface area is 300 Å². The van der Waals surface area contributed by atoms with Crippen LogP contribution in [0.3, 0.4) is 0 Å². The molecule has 0 unspecified atom stereocenters. The molecule has 1 aliphatic rings. The number of hydrogen-bond donors (Lipinski definition) is 0. The number of para-hydroxylation sites is 2. The Balaban J connectivity index is 1.11. The van der Waals surface area contributed by atoms with Crippen molar-refractivity contribution in [2.24, 2.45) is 0 Å². The van der Waals surface area contributed by atoms with Gasteiger partial charge < -0.3 is 9.13 Å². The molecule has 0 saturated heterocycles. The number of aromatic nitrogens is 2. The van der Waals surface area contributed by atoms with E-state index in [1.54, 1.807) is 0 Å². The van der Waals surface area contributed by atoms with Crippen LogP contribution in [0.25, 0.3) is 110 Å². The summed E-state index contributed by atoms with van der Waals surface area (Å²) in [6.45, 7) is 0. The second kappa shape index (κ2) is 10.3. The number of hydrogen-bond acceptors (Lipinski definition) is 0. The molecule has 12 rings (SSSR count). The van der Waals surface area contributed by atoms with Crippen molar-refractivity contribution in [1.29, 1.82) is 0 Å². The van der Waals surface area contributed by atoms with Gasteiger partial charge in [-0.2, -0.15) is 0 Å². The molecule has 2 heteroatoms. The summed E-state index contributed by atoms with van der Waals surface area (Å²) >= 11 is 0. The van der Waals surface area contributed by atoms with E-state index in [0.29, 0.717) is 0 Å². The number of benzene rings is 9. The molecule has 0 N–H and O–H groups in total. The summed E-state index contributed by atoms with van der Waals surface area (Å²) in [6.07, 6.45) is 0. The molecule has 0 fully saturated rings. The summed E-state index contributed by atoms with van der Waals surface area (Å²) in [5.74, 6) is 0. The molecule has 2 nitrogen and oxygen atoms in total. The predicted molar refractivity (Wildman–Crippen MR) is 220 cm³/mol. The van der Waals surface area contributed by atoms with Gasteiger partial charge in [0.25, 0.3) is 0 Å². The third-order valence-corrected chi connectivity index (χ3v) is 11.4. The lowest BCUT2D eigenvalue weighted by Gasteiger charge is -2.14. The Morgan fingerprint density at radius 3 is 1.62 bits per heavy atom. The Kier molecular flexibility index (Phi) is 5.53. The van der Waals surface area contributed by atoms with E-state index in [2.05, 4.69) is 191 Å². The molecule has 3 heterocycles. The molecular weight excluding hydrogens is 629 g/mol. The maximum Gasteiger partial charge on any atom is 0.0619 e. The van der Waals surface area contributed by atoms with Crippen LogP contribution in [0, 0.1) is 0 Å². The summed E-state index contributed by atoms with van der Waals surface area (Å²) in [5, 5.41) is 10.1. The third-order valence-electron chi connectivity index (χ3n) is 11.4. The first kappa shape index (κ1) is 27.9. The van der Waals surface area contributed by atoms with Crippen LogP contribution in [0.4, 0.5) is 0 Å². The molecule has 0 atom stereocenters. The molecule has 0 saturated carbocycles. The summed E-state index contributed by atoms with van der Waals surface area (Å²) in [4.78, 5) is 0. The first-order valence-electron chi connectivity index (χ1n) is 18.0. The quantitative estimate of drug-likeness (QED) is 0.175.